The fourth-order valence-corrected chi connectivity index (χ4v) is 1.17. The maximum absolute atomic E-state index is 10.4. The van der Waals surface area contributed by atoms with Crippen molar-refractivity contribution in [1.82, 2.24) is 5.43 Å². The van der Waals surface area contributed by atoms with Crippen LogP contribution in [-0.2, 0) is 0 Å². The van der Waals surface area contributed by atoms with Gasteiger partial charge < -0.3 is 5.73 Å². The van der Waals surface area contributed by atoms with Gasteiger partial charge in [-0.15, -0.1) is 0 Å². The molecule has 0 fully saturated rings. The topological polar surface area (TPSA) is 67.5 Å². The third-order valence-electron chi connectivity index (χ3n) is 2.08. The highest BCUT2D eigenvalue weighted by molar-refractivity contribution is 5.74. The highest BCUT2D eigenvalue weighted by Gasteiger charge is 2.01. The zero-order valence-electron chi connectivity index (χ0n) is 8.90. The second kappa shape index (κ2) is 5.14. The van der Waals surface area contributed by atoms with E-state index in [0.29, 0.717) is 0 Å². The zero-order chi connectivity index (χ0) is 11.3. The first-order valence-corrected chi connectivity index (χ1v) is 4.75. The first-order valence-electron chi connectivity index (χ1n) is 4.75. The Morgan fingerprint density at radius 1 is 1.47 bits per heavy atom. The third kappa shape index (κ3) is 3.81. The second-order valence-electron chi connectivity index (χ2n) is 3.45. The molecule has 0 saturated heterocycles. The van der Waals surface area contributed by atoms with E-state index in [-0.39, 0.29) is 5.92 Å². The van der Waals surface area contributed by atoms with E-state index in [1.54, 1.807) is 6.21 Å². The van der Waals surface area contributed by atoms with Crippen molar-refractivity contribution in [2.24, 2.45) is 10.8 Å². The molecule has 15 heavy (non-hydrogen) atoms. The van der Waals surface area contributed by atoms with Crippen molar-refractivity contribution >= 4 is 12.2 Å². The number of rotatable bonds is 3. The Bertz CT molecular complexity index is 357. The summed E-state index contributed by atoms with van der Waals surface area (Å²) >= 11 is 0. The Morgan fingerprint density at radius 3 is 2.60 bits per heavy atom. The maximum atomic E-state index is 10.4. The Balaban J connectivity index is 2.60. The number of hydrogen-bond acceptors (Lipinski definition) is 2. The van der Waals surface area contributed by atoms with E-state index in [1.165, 1.54) is 5.56 Å². The molecule has 4 heteroatoms. The molecule has 1 atom stereocenters. The van der Waals surface area contributed by atoms with Crippen LogP contribution in [0.1, 0.15) is 24.0 Å². The minimum absolute atomic E-state index is 0.150. The van der Waals surface area contributed by atoms with Crippen LogP contribution in [0.5, 0.6) is 0 Å². The predicted octanol–water partition coefficient (Wildman–Crippen LogP) is 1.75. The standard InChI is InChI=1S/C11H15N3O/c1-8-3-5-10(6-4-8)9(2)7-13-14-11(12)15/h3-7,9H,1-2H3,(H3,12,14,15). The molecule has 80 valence electrons. The third-order valence-corrected chi connectivity index (χ3v) is 2.08. The number of aryl methyl sites for hydroxylation is 1. The molecule has 1 aromatic carbocycles. The van der Waals surface area contributed by atoms with Gasteiger partial charge >= 0.3 is 6.03 Å². The van der Waals surface area contributed by atoms with E-state index in [4.69, 9.17) is 5.73 Å². The Hall–Kier alpha value is -1.84. The first kappa shape index (κ1) is 11.2. The number of carbonyl (C=O) groups is 1. The molecule has 0 bridgehead atoms. The van der Waals surface area contributed by atoms with Crippen molar-refractivity contribution in [1.29, 1.82) is 0 Å². The summed E-state index contributed by atoms with van der Waals surface area (Å²) in [5, 5.41) is 3.72. The molecule has 0 aliphatic rings. The van der Waals surface area contributed by atoms with E-state index in [9.17, 15) is 4.79 Å². The number of hydrazone groups is 1. The number of urea groups is 1. The minimum atomic E-state index is -0.651. The van der Waals surface area contributed by atoms with Crippen LogP contribution in [0.4, 0.5) is 4.79 Å². The van der Waals surface area contributed by atoms with Crippen LogP contribution in [0.2, 0.25) is 0 Å². The molecule has 0 heterocycles. The Labute approximate surface area is 89.2 Å². The van der Waals surface area contributed by atoms with E-state index in [1.807, 2.05) is 38.1 Å². The first-order chi connectivity index (χ1) is 7.09. The monoisotopic (exact) mass is 205 g/mol. The smallest absolute Gasteiger partial charge is 0.332 e. The van der Waals surface area contributed by atoms with Gasteiger partial charge in [0.15, 0.2) is 0 Å². The number of benzene rings is 1. The molecule has 1 unspecified atom stereocenters. The van der Waals surface area contributed by atoms with Gasteiger partial charge in [-0.05, 0) is 12.5 Å². The molecule has 0 spiro atoms. The van der Waals surface area contributed by atoms with Crippen LogP contribution in [0.15, 0.2) is 29.4 Å². The van der Waals surface area contributed by atoms with E-state index in [0.717, 1.165) is 5.56 Å². The zero-order valence-corrected chi connectivity index (χ0v) is 8.90. The van der Waals surface area contributed by atoms with Gasteiger partial charge in [0.05, 0.1) is 0 Å². The summed E-state index contributed by atoms with van der Waals surface area (Å²) in [6, 6.07) is 7.51. The summed E-state index contributed by atoms with van der Waals surface area (Å²) in [6.07, 6.45) is 1.65. The van der Waals surface area contributed by atoms with E-state index >= 15 is 0 Å². The van der Waals surface area contributed by atoms with E-state index < -0.39 is 6.03 Å². The highest BCUT2D eigenvalue weighted by atomic mass is 16.2. The van der Waals surface area contributed by atoms with Crippen LogP contribution in [0, 0.1) is 6.92 Å². The van der Waals surface area contributed by atoms with E-state index in [2.05, 4.69) is 10.5 Å². The molecule has 1 rings (SSSR count). The molecular weight excluding hydrogens is 190 g/mol. The van der Waals surface area contributed by atoms with Crippen LogP contribution in [-0.4, -0.2) is 12.2 Å². The molecule has 0 aliphatic carbocycles. The molecule has 3 N–H and O–H groups in total. The van der Waals surface area contributed by atoms with Crippen molar-refractivity contribution < 1.29 is 4.79 Å². The number of nitrogens with zero attached hydrogens (tertiary/aromatic N) is 1. The van der Waals surface area contributed by atoms with Crippen LogP contribution < -0.4 is 11.2 Å². The van der Waals surface area contributed by atoms with Gasteiger partial charge in [0.2, 0.25) is 0 Å². The molecular formula is C11H15N3O. The van der Waals surface area contributed by atoms with Crippen molar-refractivity contribution in [2.75, 3.05) is 0 Å². The fourth-order valence-electron chi connectivity index (χ4n) is 1.17. The average Bonchev–Trinajstić information content (AvgIpc) is 2.18. The maximum Gasteiger partial charge on any atom is 0.332 e. The fraction of sp³-hybridized carbons (Fsp3) is 0.273. The molecule has 1 aromatic rings. The second-order valence-corrected chi connectivity index (χ2v) is 3.45. The molecule has 0 saturated carbocycles. The summed E-state index contributed by atoms with van der Waals surface area (Å²) in [5.74, 6) is 0.150. The lowest BCUT2D eigenvalue weighted by Crippen LogP contribution is -2.24. The number of primary amides is 1. The van der Waals surface area contributed by atoms with Gasteiger partial charge in [-0.3, -0.25) is 0 Å². The largest absolute Gasteiger partial charge is 0.350 e. The lowest BCUT2D eigenvalue weighted by Gasteiger charge is -2.05. The number of hydrogen-bond donors (Lipinski definition) is 2. The highest BCUT2D eigenvalue weighted by Crippen LogP contribution is 2.13. The van der Waals surface area contributed by atoms with Gasteiger partial charge in [0.1, 0.15) is 0 Å². The van der Waals surface area contributed by atoms with Gasteiger partial charge in [-0.1, -0.05) is 36.8 Å². The normalized spacial score (nSPS) is 12.7. The number of nitrogens with one attached hydrogen (secondary N) is 1. The van der Waals surface area contributed by atoms with Crippen molar-refractivity contribution in [2.45, 2.75) is 19.8 Å². The van der Waals surface area contributed by atoms with Crippen LogP contribution in [0.25, 0.3) is 0 Å². The number of amides is 2. The summed E-state index contributed by atoms with van der Waals surface area (Å²) in [7, 11) is 0. The average molecular weight is 205 g/mol. The van der Waals surface area contributed by atoms with Crippen molar-refractivity contribution in [3.63, 3.8) is 0 Å². The lowest BCUT2D eigenvalue weighted by molar-refractivity contribution is 0.249. The number of nitrogens with two attached hydrogens (primary N) is 1. The summed E-state index contributed by atoms with van der Waals surface area (Å²) < 4.78 is 0. The molecule has 0 aromatic heterocycles. The van der Waals surface area contributed by atoms with Crippen molar-refractivity contribution in [3.8, 4) is 0 Å². The minimum Gasteiger partial charge on any atom is -0.350 e. The van der Waals surface area contributed by atoms with Gasteiger partial charge in [0, 0.05) is 12.1 Å². The van der Waals surface area contributed by atoms with Gasteiger partial charge in [0.25, 0.3) is 0 Å². The summed E-state index contributed by atoms with van der Waals surface area (Å²) in [4.78, 5) is 10.4. The quantitative estimate of drug-likeness (QED) is 0.573. The van der Waals surface area contributed by atoms with Gasteiger partial charge in [-0.2, -0.15) is 5.10 Å². The lowest BCUT2D eigenvalue weighted by atomic mass is 10.0. The van der Waals surface area contributed by atoms with Crippen LogP contribution in [0.3, 0.4) is 0 Å². The van der Waals surface area contributed by atoms with Gasteiger partial charge in [-0.25, -0.2) is 10.2 Å². The molecule has 0 radical (unpaired) electrons. The predicted molar refractivity (Wildman–Crippen MR) is 60.8 cm³/mol. The van der Waals surface area contributed by atoms with Crippen LogP contribution >= 0.6 is 0 Å². The molecule has 0 aliphatic heterocycles. The van der Waals surface area contributed by atoms with Crippen molar-refractivity contribution in [3.05, 3.63) is 35.4 Å². The molecule has 2 amide bonds. The Morgan fingerprint density at radius 2 is 2.07 bits per heavy atom. The Kier molecular flexibility index (Phi) is 3.85. The number of carbonyl (C=O) groups excluding carboxylic acids is 1. The summed E-state index contributed by atoms with van der Waals surface area (Å²) in [6.45, 7) is 4.04. The SMILES string of the molecule is Cc1ccc(C(C)C=NNC(N)=O)cc1. The molecule has 4 nitrogen and oxygen atoms in total. The summed E-state index contributed by atoms with van der Waals surface area (Å²) in [5.41, 5.74) is 9.41.